The summed E-state index contributed by atoms with van der Waals surface area (Å²) in [6, 6.07) is 10.5. The Balaban J connectivity index is 1.45. The predicted molar refractivity (Wildman–Crippen MR) is 122 cm³/mol. The summed E-state index contributed by atoms with van der Waals surface area (Å²) in [5.41, 5.74) is 1.89. The Hall–Kier alpha value is -3.11. The molecule has 4 rings (SSSR count). The van der Waals surface area contributed by atoms with Gasteiger partial charge in [0.25, 0.3) is 5.91 Å². The third-order valence-electron chi connectivity index (χ3n) is 5.91. The van der Waals surface area contributed by atoms with E-state index in [0.29, 0.717) is 42.9 Å². The number of hydrogen-bond acceptors (Lipinski definition) is 6. The molecule has 2 heterocycles. The van der Waals surface area contributed by atoms with Gasteiger partial charge < -0.3 is 20.1 Å². The molecule has 2 amide bonds. The molecule has 0 radical (unpaired) electrons. The number of benzene rings is 2. The minimum Gasteiger partial charge on any atom is -0.497 e. The highest BCUT2D eigenvalue weighted by atomic mass is 32.2. The van der Waals surface area contributed by atoms with Crippen LogP contribution in [-0.2, 0) is 26.2 Å². The Bertz CT molecular complexity index is 1160. The van der Waals surface area contributed by atoms with Gasteiger partial charge >= 0.3 is 0 Å². The van der Waals surface area contributed by atoms with E-state index in [9.17, 15) is 18.0 Å². The molecule has 0 aliphatic carbocycles. The number of aryl methyl sites for hydroxylation is 1. The summed E-state index contributed by atoms with van der Waals surface area (Å²) in [7, 11) is -2.24. The number of piperidine rings is 1. The lowest BCUT2D eigenvalue weighted by atomic mass is 9.99. The van der Waals surface area contributed by atoms with E-state index in [2.05, 4.69) is 10.6 Å². The molecular weight excluding hydrogens is 446 g/mol. The van der Waals surface area contributed by atoms with E-state index in [1.165, 1.54) is 10.4 Å². The largest absolute Gasteiger partial charge is 0.497 e. The summed E-state index contributed by atoms with van der Waals surface area (Å²) in [6.45, 7) is 2.34. The first kappa shape index (κ1) is 23.1. The number of rotatable bonds is 6. The van der Waals surface area contributed by atoms with E-state index in [-0.39, 0.29) is 29.9 Å². The van der Waals surface area contributed by atoms with Crippen LogP contribution >= 0.6 is 0 Å². The van der Waals surface area contributed by atoms with E-state index in [0.717, 1.165) is 11.3 Å². The molecule has 33 heavy (non-hydrogen) atoms. The lowest BCUT2D eigenvalue weighted by Gasteiger charge is -2.32. The Morgan fingerprint density at radius 1 is 1.27 bits per heavy atom. The fourth-order valence-electron chi connectivity index (χ4n) is 4.08. The first-order chi connectivity index (χ1) is 15.8. The summed E-state index contributed by atoms with van der Waals surface area (Å²) in [5, 5.41) is 5.60. The Labute approximate surface area is 193 Å². The molecule has 2 aromatic carbocycles. The maximum atomic E-state index is 13.4. The third kappa shape index (κ3) is 4.96. The van der Waals surface area contributed by atoms with Crippen molar-refractivity contribution >= 4 is 27.5 Å². The number of hydrogen-bond donors (Lipinski definition) is 2. The second-order valence-corrected chi connectivity index (χ2v) is 10.1. The first-order valence-electron chi connectivity index (χ1n) is 10.8. The Morgan fingerprint density at radius 2 is 2.03 bits per heavy atom. The molecule has 10 heteroatoms. The number of amides is 2. The van der Waals surface area contributed by atoms with Crippen molar-refractivity contribution in [2.75, 3.05) is 32.1 Å². The van der Waals surface area contributed by atoms with E-state index < -0.39 is 15.9 Å². The molecule has 0 aromatic heterocycles. The summed E-state index contributed by atoms with van der Waals surface area (Å²) >= 11 is 0. The van der Waals surface area contributed by atoms with Gasteiger partial charge in [-0.3, -0.25) is 9.59 Å². The average molecular weight is 474 g/mol. The van der Waals surface area contributed by atoms with Gasteiger partial charge in [0.05, 0.1) is 23.6 Å². The lowest BCUT2D eigenvalue weighted by Crippen LogP contribution is -2.45. The lowest BCUT2D eigenvalue weighted by molar-refractivity contribution is -0.126. The quantitative estimate of drug-likeness (QED) is 0.664. The van der Waals surface area contributed by atoms with E-state index in [1.54, 1.807) is 20.1 Å². The smallest absolute Gasteiger partial charge is 0.262 e. The van der Waals surface area contributed by atoms with Crippen molar-refractivity contribution < 1.29 is 27.5 Å². The molecule has 2 aromatic rings. The van der Waals surface area contributed by atoms with Crippen LogP contribution in [-0.4, -0.2) is 51.3 Å². The van der Waals surface area contributed by atoms with Crippen molar-refractivity contribution in [2.24, 2.45) is 5.92 Å². The molecule has 2 N–H and O–H groups in total. The molecule has 0 bridgehead atoms. The van der Waals surface area contributed by atoms with Crippen molar-refractivity contribution in [3.05, 3.63) is 47.5 Å². The summed E-state index contributed by atoms with van der Waals surface area (Å²) < 4.78 is 38.7. The molecule has 1 saturated heterocycles. The number of fused-ring (bicyclic) bond motifs is 1. The van der Waals surface area contributed by atoms with Gasteiger partial charge in [0.2, 0.25) is 15.9 Å². The molecular formula is C23H27N3O6S. The molecule has 1 atom stereocenters. The number of anilines is 1. The number of sulfonamides is 1. The van der Waals surface area contributed by atoms with Crippen LogP contribution in [0.2, 0.25) is 0 Å². The van der Waals surface area contributed by atoms with Gasteiger partial charge in [0.15, 0.2) is 6.61 Å². The number of methoxy groups -OCH3 is 1. The standard InChI is InChI=1S/C23H27N3O6S/c1-15-10-19-20(32-14-22(27)25-19)11-21(15)33(29,30)26-9-3-4-17(13-26)23(28)24-12-16-5-7-18(31-2)8-6-16/h5-8,10-11,17H,3-4,9,12-14H2,1-2H3,(H,24,28)(H,25,27)/t17-/m0/s1. The minimum atomic E-state index is -3.83. The minimum absolute atomic E-state index is 0.116. The Morgan fingerprint density at radius 3 is 2.76 bits per heavy atom. The zero-order valence-corrected chi connectivity index (χ0v) is 19.4. The normalized spacial score (nSPS) is 18.6. The van der Waals surface area contributed by atoms with Gasteiger partial charge in [-0.25, -0.2) is 8.42 Å². The molecule has 176 valence electrons. The summed E-state index contributed by atoms with van der Waals surface area (Å²) in [4.78, 5) is 24.4. The molecule has 1 fully saturated rings. The highest BCUT2D eigenvalue weighted by Crippen LogP contribution is 2.35. The number of ether oxygens (including phenoxy) is 2. The summed E-state index contributed by atoms with van der Waals surface area (Å²) in [5.74, 6) is 0.184. The first-order valence-corrected chi connectivity index (χ1v) is 12.2. The van der Waals surface area contributed by atoms with Crippen molar-refractivity contribution in [1.82, 2.24) is 9.62 Å². The van der Waals surface area contributed by atoms with Crippen molar-refractivity contribution in [2.45, 2.75) is 31.2 Å². The summed E-state index contributed by atoms with van der Waals surface area (Å²) in [6.07, 6.45) is 1.22. The second kappa shape index (κ2) is 9.40. The zero-order chi connectivity index (χ0) is 23.6. The van der Waals surface area contributed by atoms with Crippen LogP contribution in [0.1, 0.15) is 24.0 Å². The van der Waals surface area contributed by atoms with Gasteiger partial charge in [-0.05, 0) is 49.1 Å². The molecule has 2 aliphatic rings. The number of nitrogens with one attached hydrogen (secondary N) is 2. The van der Waals surface area contributed by atoms with Crippen LogP contribution in [0.25, 0.3) is 0 Å². The van der Waals surface area contributed by atoms with E-state index >= 15 is 0 Å². The van der Waals surface area contributed by atoms with Crippen LogP contribution in [0.3, 0.4) is 0 Å². The van der Waals surface area contributed by atoms with Gasteiger partial charge in [-0.15, -0.1) is 0 Å². The second-order valence-electron chi connectivity index (χ2n) is 8.22. The number of carbonyl (C=O) groups excluding carboxylic acids is 2. The van der Waals surface area contributed by atoms with E-state index in [4.69, 9.17) is 9.47 Å². The molecule has 9 nitrogen and oxygen atoms in total. The zero-order valence-electron chi connectivity index (χ0n) is 18.6. The van der Waals surface area contributed by atoms with Crippen LogP contribution in [0.5, 0.6) is 11.5 Å². The van der Waals surface area contributed by atoms with Crippen LogP contribution in [0.4, 0.5) is 5.69 Å². The van der Waals surface area contributed by atoms with Crippen molar-refractivity contribution in [3.8, 4) is 11.5 Å². The Kier molecular flexibility index (Phi) is 6.57. The third-order valence-corrected chi connectivity index (χ3v) is 7.92. The highest BCUT2D eigenvalue weighted by molar-refractivity contribution is 7.89. The van der Waals surface area contributed by atoms with Gasteiger partial charge in [-0.2, -0.15) is 4.31 Å². The molecule has 0 unspecified atom stereocenters. The maximum absolute atomic E-state index is 13.4. The monoisotopic (exact) mass is 473 g/mol. The fourth-order valence-corrected chi connectivity index (χ4v) is 5.83. The van der Waals surface area contributed by atoms with Crippen LogP contribution < -0.4 is 20.1 Å². The fraction of sp³-hybridized carbons (Fsp3) is 0.391. The van der Waals surface area contributed by atoms with Crippen LogP contribution in [0, 0.1) is 12.8 Å². The molecule has 2 aliphatic heterocycles. The SMILES string of the molecule is COc1ccc(CNC(=O)[C@H]2CCCN(S(=O)(=O)c3cc4c(cc3C)NC(=O)CO4)C2)cc1. The number of nitrogens with zero attached hydrogens (tertiary/aromatic N) is 1. The molecule has 0 saturated carbocycles. The highest BCUT2D eigenvalue weighted by Gasteiger charge is 2.35. The van der Waals surface area contributed by atoms with E-state index in [1.807, 2.05) is 24.3 Å². The number of carbonyl (C=O) groups is 2. The van der Waals surface area contributed by atoms with Crippen molar-refractivity contribution in [1.29, 1.82) is 0 Å². The maximum Gasteiger partial charge on any atom is 0.262 e. The topological polar surface area (TPSA) is 114 Å². The average Bonchev–Trinajstić information content (AvgIpc) is 2.82. The predicted octanol–water partition coefficient (Wildman–Crippen LogP) is 2.05. The van der Waals surface area contributed by atoms with Gasteiger partial charge in [-0.1, -0.05) is 12.1 Å². The van der Waals surface area contributed by atoms with Crippen molar-refractivity contribution in [3.63, 3.8) is 0 Å². The van der Waals surface area contributed by atoms with Gasteiger partial charge in [0.1, 0.15) is 11.5 Å². The van der Waals surface area contributed by atoms with Gasteiger partial charge in [0, 0.05) is 25.7 Å². The van der Waals surface area contributed by atoms with Crippen LogP contribution in [0.15, 0.2) is 41.3 Å². The molecule has 0 spiro atoms.